The number of hydrogen-bond acceptors (Lipinski definition) is 5. The van der Waals surface area contributed by atoms with Crippen molar-refractivity contribution in [1.29, 1.82) is 0 Å². The van der Waals surface area contributed by atoms with E-state index in [1.807, 2.05) is 30.5 Å². The lowest BCUT2D eigenvalue weighted by molar-refractivity contribution is -0.143. The second kappa shape index (κ2) is 11.6. The summed E-state index contributed by atoms with van der Waals surface area (Å²) in [7, 11) is 0. The van der Waals surface area contributed by atoms with Crippen LogP contribution >= 0.6 is 0 Å². The monoisotopic (exact) mass is 507 g/mol. The molecule has 1 aliphatic rings. The van der Waals surface area contributed by atoms with Gasteiger partial charge in [0.2, 0.25) is 0 Å². The van der Waals surface area contributed by atoms with Crippen molar-refractivity contribution in [3.63, 3.8) is 0 Å². The van der Waals surface area contributed by atoms with Gasteiger partial charge in [-0.3, -0.25) is 9.69 Å². The minimum absolute atomic E-state index is 0.109. The standard InChI is InChI=1S/C32H33N3O3/c1-2-38-31(37)23-34-22-29(33-24-34)20-25-21-35(19-18-30(25)36)32(26-12-6-3-7-13-26,27-14-8-4-9-15-27)28-16-10-5-11-17-28/h3-17,20,22,24,30,36H,2,18-19,21,23H2,1H3/b25-20+. The molecule has 0 saturated carbocycles. The van der Waals surface area contributed by atoms with Gasteiger partial charge in [-0.05, 0) is 41.7 Å². The van der Waals surface area contributed by atoms with Crippen molar-refractivity contribution in [3.05, 3.63) is 131 Å². The summed E-state index contributed by atoms with van der Waals surface area (Å²) in [5, 5.41) is 11.0. The van der Waals surface area contributed by atoms with E-state index in [1.165, 1.54) is 16.7 Å². The fourth-order valence-corrected chi connectivity index (χ4v) is 5.47. The molecule has 1 aliphatic heterocycles. The number of piperidine rings is 1. The Morgan fingerprint density at radius 1 is 0.974 bits per heavy atom. The van der Waals surface area contributed by atoms with Crippen LogP contribution in [0.4, 0.5) is 0 Å². The summed E-state index contributed by atoms with van der Waals surface area (Å²) in [6.45, 7) is 3.52. The Hall–Kier alpha value is -4.00. The SMILES string of the molecule is CCOC(=O)Cn1cnc(/C=C2\CN(C(c3ccccc3)(c3ccccc3)c3ccccc3)CCC2O)c1. The van der Waals surface area contributed by atoms with E-state index in [0.717, 1.165) is 5.57 Å². The molecule has 1 fully saturated rings. The van der Waals surface area contributed by atoms with Crippen molar-refractivity contribution >= 4 is 12.0 Å². The number of aliphatic hydroxyl groups is 1. The number of hydrogen-bond donors (Lipinski definition) is 1. The zero-order valence-electron chi connectivity index (χ0n) is 21.6. The first-order valence-corrected chi connectivity index (χ1v) is 13.1. The zero-order chi connectivity index (χ0) is 26.4. The van der Waals surface area contributed by atoms with Crippen molar-refractivity contribution < 1.29 is 14.6 Å². The second-order valence-electron chi connectivity index (χ2n) is 9.53. The molecule has 0 amide bonds. The Balaban J connectivity index is 1.57. The maximum atomic E-state index is 11.9. The average Bonchev–Trinajstić information content (AvgIpc) is 3.39. The van der Waals surface area contributed by atoms with Gasteiger partial charge in [0.1, 0.15) is 6.54 Å². The molecule has 3 aromatic carbocycles. The molecule has 6 nitrogen and oxygen atoms in total. The number of likely N-dealkylation sites (tertiary alicyclic amines) is 1. The van der Waals surface area contributed by atoms with Crippen molar-refractivity contribution in [2.45, 2.75) is 31.5 Å². The van der Waals surface area contributed by atoms with E-state index in [1.54, 1.807) is 17.8 Å². The van der Waals surface area contributed by atoms with Crippen LogP contribution in [0, 0.1) is 0 Å². The highest BCUT2D eigenvalue weighted by Crippen LogP contribution is 2.44. The van der Waals surface area contributed by atoms with E-state index in [2.05, 4.69) is 82.7 Å². The minimum Gasteiger partial charge on any atom is -0.465 e. The third-order valence-electron chi connectivity index (χ3n) is 7.13. The van der Waals surface area contributed by atoms with Gasteiger partial charge in [-0.15, -0.1) is 0 Å². The number of aliphatic hydroxyl groups excluding tert-OH is 1. The maximum absolute atomic E-state index is 11.9. The minimum atomic E-state index is -0.568. The van der Waals surface area contributed by atoms with Gasteiger partial charge in [0.05, 0.1) is 30.3 Å². The van der Waals surface area contributed by atoms with E-state index in [-0.39, 0.29) is 12.5 Å². The van der Waals surface area contributed by atoms with Crippen LogP contribution in [0.1, 0.15) is 35.7 Å². The third-order valence-corrected chi connectivity index (χ3v) is 7.13. The molecule has 1 aromatic heterocycles. The molecule has 0 spiro atoms. The molecule has 2 heterocycles. The van der Waals surface area contributed by atoms with Gasteiger partial charge in [0.25, 0.3) is 0 Å². The Kier molecular flexibility index (Phi) is 7.82. The lowest BCUT2D eigenvalue weighted by Gasteiger charge is -2.48. The molecule has 0 radical (unpaired) electrons. The number of esters is 1. The van der Waals surface area contributed by atoms with E-state index in [9.17, 15) is 9.90 Å². The number of benzene rings is 3. The van der Waals surface area contributed by atoms with Crippen LogP contribution in [0.3, 0.4) is 0 Å². The molecule has 6 heteroatoms. The molecule has 0 aliphatic carbocycles. The molecule has 1 unspecified atom stereocenters. The molecular weight excluding hydrogens is 474 g/mol. The van der Waals surface area contributed by atoms with Crippen LogP contribution < -0.4 is 0 Å². The first-order chi connectivity index (χ1) is 18.6. The van der Waals surface area contributed by atoms with Gasteiger partial charge < -0.3 is 14.4 Å². The second-order valence-corrected chi connectivity index (χ2v) is 9.53. The number of ether oxygens (including phenoxy) is 1. The van der Waals surface area contributed by atoms with Crippen LogP contribution in [-0.4, -0.2) is 51.3 Å². The lowest BCUT2D eigenvalue weighted by atomic mass is 9.74. The van der Waals surface area contributed by atoms with Gasteiger partial charge in [0, 0.05) is 19.3 Å². The highest BCUT2D eigenvalue weighted by molar-refractivity contribution is 5.69. The number of rotatable bonds is 8. The van der Waals surface area contributed by atoms with E-state index < -0.39 is 11.6 Å². The maximum Gasteiger partial charge on any atom is 0.325 e. The topological polar surface area (TPSA) is 67.6 Å². The van der Waals surface area contributed by atoms with Crippen molar-refractivity contribution in [2.75, 3.05) is 19.7 Å². The third kappa shape index (κ3) is 5.19. The van der Waals surface area contributed by atoms with Crippen LogP contribution in [-0.2, 0) is 21.6 Å². The molecule has 0 bridgehead atoms. The molecule has 1 N–H and O–H groups in total. The Bertz CT molecular complexity index is 1270. The largest absolute Gasteiger partial charge is 0.465 e. The fourth-order valence-electron chi connectivity index (χ4n) is 5.47. The average molecular weight is 508 g/mol. The summed E-state index contributed by atoms with van der Waals surface area (Å²) in [4.78, 5) is 18.8. The molecule has 38 heavy (non-hydrogen) atoms. The summed E-state index contributed by atoms with van der Waals surface area (Å²) in [6, 6.07) is 31.8. The first-order valence-electron chi connectivity index (χ1n) is 13.1. The van der Waals surface area contributed by atoms with Crippen molar-refractivity contribution in [1.82, 2.24) is 14.5 Å². The summed E-state index contributed by atoms with van der Waals surface area (Å²) in [5.74, 6) is -0.300. The van der Waals surface area contributed by atoms with Gasteiger partial charge in [-0.25, -0.2) is 4.98 Å². The predicted octanol–water partition coefficient (Wildman–Crippen LogP) is 4.89. The van der Waals surface area contributed by atoms with Crippen LogP contribution in [0.5, 0.6) is 0 Å². The van der Waals surface area contributed by atoms with Crippen LogP contribution in [0.2, 0.25) is 0 Å². The summed E-state index contributed by atoms with van der Waals surface area (Å²) >= 11 is 0. The normalized spacial score (nSPS) is 17.4. The highest BCUT2D eigenvalue weighted by Gasteiger charge is 2.44. The smallest absolute Gasteiger partial charge is 0.325 e. The van der Waals surface area contributed by atoms with E-state index >= 15 is 0 Å². The van der Waals surface area contributed by atoms with Crippen molar-refractivity contribution in [3.8, 4) is 0 Å². The summed E-state index contributed by atoms with van der Waals surface area (Å²) < 4.78 is 6.76. The number of aromatic nitrogens is 2. The fraction of sp³-hybridized carbons (Fsp3) is 0.250. The quantitative estimate of drug-likeness (QED) is 0.272. The van der Waals surface area contributed by atoms with Crippen LogP contribution in [0.15, 0.2) is 109 Å². The predicted molar refractivity (Wildman–Crippen MR) is 148 cm³/mol. The van der Waals surface area contributed by atoms with Gasteiger partial charge >= 0.3 is 5.97 Å². The molecule has 5 rings (SSSR count). The highest BCUT2D eigenvalue weighted by atomic mass is 16.5. The Labute approximate surface area is 223 Å². The van der Waals surface area contributed by atoms with E-state index in [0.29, 0.717) is 31.8 Å². The molecule has 1 saturated heterocycles. The Morgan fingerprint density at radius 2 is 1.53 bits per heavy atom. The van der Waals surface area contributed by atoms with Crippen LogP contribution in [0.25, 0.3) is 6.08 Å². The lowest BCUT2D eigenvalue weighted by Crippen LogP contribution is -2.52. The molecule has 194 valence electrons. The summed E-state index contributed by atoms with van der Waals surface area (Å²) in [6.07, 6.45) is 5.42. The number of carbonyl (C=O) groups excluding carboxylic acids is 1. The Morgan fingerprint density at radius 3 is 2.05 bits per heavy atom. The zero-order valence-corrected chi connectivity index (χ0v) is 21.6. The summed E-state index contributed by atoms with van der Waals surface area (Å²) in [5.41, 5.74) is 4.57. The molecule has 1 atom stereocenters. The first kappa shape index (κ1) is 25.6. The van der Waals surface area contributed by atoms with Crippen molar-refractivity contribution in [2.24, 2.45) is 0 Å². The number of nitrogens with zero attached hydrogens (tertiary/aromatic N) is 3. The van der Waals surface area contributed by atoms with Gasteiger partial charge in [-0.1, -0.05) is 91.0 Å². The number of carbonyl (C=O) groups is 1. The number of imidazole rings is 1. The van der Waals surface area contributed by atoms with Gasteiger partial charge in [-0.2, -0.15) is 0 Å². The van der Waals surface area contributed by atoms with Gasteiger partial charge in [0.15, 0.2) is 0 Å². The molecular formula is C32H33N3O3. The molecule has 4 aromatic rings. The van der Waals surface area contributed by atoms with E-state index in [4.69, 9.17) is 4.74 Å².